The molecule has 3 rings (SSSR count). The van der Waals surface area contributed by atoms with E-state index in [0.717, 1.165) is 0 Å². The van der Waals surface area contributed by atoms with Crippen molar-refractivity contribution in [1.82, 2.24) is 14.3 Å². The van der Waals surface area contributed by atoms with Crippen LogP contribution in [0.3, 0.4) is 0 Å². The molecule has 0 spiro atoms. The van der Waals surface area contributed by atoms with E-state index in [-0.39, 0.29) is 36.0 Å². The van der Waals surface area contributed by atoms with Gasteiger partial charge in [0.2, 0.25) is 10.0 Å². The Bertz CT molecular complexity index is 764. The molecular weight excluding hydrogens is 340 g/mol. The smallest absolute Gasteiger partial charge is 0.245 e. The van der Waals surface area contributed by atoms with Crippen LogP contribution in [-0.2, 0) is 14.8 Å². The van der Waals surface area contributed by atoms with Crippen molar-refractivity contribution in [3.63, 3.8) is 0 Å². The van der Waals surface area contributed by atoms with Crippen LogP contribution in [0, 0.1) is 0 Å². The molecule has 0 aliphatic carbocycles. The first-order chi connectivity index (χ1) is 10.6. The summed E-state index contributed by atoms with van der Waals surface area (Å²) in [6, 6.07) is 3.24. The quantitative estimate of drug-likeness (QED) is 0.850. The summed E-state index contributed by atoms with van der Waals surface area (Å²) in [7, 11) is -1.97. The molecule has 128 valence electrons. The zero-order valence-corrected chi connectivity index (χ0v) is 14.4. The molecule has 0 radical (unpaired) electrons. The van der Waals surface area contributed by atoms with Crippen molar-refractivity contribution in [2.45, 2.75) is 29.9 Å². The van der Waals surface area contributed by atoms with Crippen molar-refractivity contribution < 1.29 is 13.2 Å². The van der Waals surface area contributed by atoms with Gasteiger partial charge < -0.3 is 15.5 Å². The molecule has 3 N–H and O–H groups in total. The molecule has 0 saturated carbocycles. The lowest BCUT2D eigenvalue weighted by molar-refractivity contribution is 0.0402. The van der Waals surface area contributed by atoms with E-state index in [9.17, 15) is 8.42 Å². The second-order valence-electron chi connectivity index (χ2n) is 5.44. The van der Waals surface area contributed by atoms with Gasteiger partial charge in [-0.3, -0.25) is 0 Å². The highest BCUT2D eigenvalue weighted by Gasteiger charge is 2.37. The van der Waals surface area contributed by atoms with Crippen molar-refractivity contribution in [2.24, 2.45) is 5.73 Å². The number of rotatable bonds is 4. The van der Waals surface area contributed by atoms with Crippen molar-refractivity contribution in [3.05, 3.63) is 24.5 Å². The Morgan fingerprint density at radius 1 is 1.52 bits per heavy atom. The number of sulfonamides is 1. The summed E-state index contributed by atoms with van der Waals surface area (Å²) >= 11 is 0. The minimum absolute atomic E-state index is 0. The highest BCUT2D eigenvalue weighted by atomic mass is 35.5. The minimum atomic E-state index is -3.61. The van der Waals surface area contributed by atoms with E-state index in [1.807, 2.05) is 0 Å². The second kappa shape index (κ2) is 7.14. The second-order valence-corrected chi connectivity index (χ2v) is 7.30. The Balaban J connectivity index is 0.00000192. The van der Waals surface area contributed by atoms with E-state index in [2.05, 4.69) is 9.97 Å². The fourth-order valence-corrected chi connectivity index (χ4v) is 4.82. The first kappa shape index (κ1) is 18.2. The molecule has 2 unspecified atom stereocenters. The summed E-state index contributed by atoms with van der Waals surface area (Å²) in [5.74, 6) is 0. The summed E-state index contributed by atoms with van der Waals surface area (Å²) in [5, 5.41) is 0.604. The van der Waals surface area contributed by atoms with Crippen LogP contribution in [0.15, 0.2) is 29.4 Å². The number of halogens is 1. The fourth-order valence-electron chi connectivity index (χ4n) is 3.01. The number of nitrogens with two attached hydrogens (primary N) is 1. The van der Waals surface area contributed by atoms with Crippen LogP contribution in [0.5, 0.6) is 0 Å². The maximum absolute atomic E-state index is 13.0. The standard InChI is InChI=1S/C14H20N4O3S.ClH/c1-21-11-4-6-18(10(7-11)8-15)22(19,20)13-9-17-14-12(13)3-2-5-16-14;/h2-3,5,9-11H,4,6-8,15H2,1H3,(H,16,17);1H. The molecule has 3 heterocycles. The molecule has 0 aromatic carbocycles. The zero-order chi connectivity index (χ0) is 15.7. The van der Waals surface area contributed by atoms with Gasteiger partial charge in [-0.1, -0.05) is 0 Å². The van der Waals surface area contributed by atoms with Gasteiger partial charge in [0.1, 0.15) is 10.5 Å². The largest absolute Gasteiger partial charge is 0.381 e. The number of aromatic nitrogens is 2. The summed E-state index contributed by atoms with van der Waals surface area (Å²) in [6.07, 6.45) is 4.48. The summed E-state index contributed by atoms with van der Waals surface area (Å²) < 4.78 is 32.9. The van der Waals surface area contributed by atoms with Crippen LogP contribution in [-0.4, -0.2) is 55.0 Å². The fraction of sp³-hybridized carbons (Fsp3) is 0.500. The van der Waals surface area contributed by atoms with E-state index < -0.39 is 10.0 Å². The number of ether oxygens (including phenoxy) is 1. The Morgan fingerprint density at radius 2 is 2.30 bits per heavy atom. The molecule has 9 heteroatoms. The van der Waals surface area contributed by atoms with Crippen LogP contribution < -0.4 is 5.73 Å². The number of piperidine rings is 1. The normalized spacial score (nSPS) is 22.9. The lowest BCUT2D eigenvalue weighted by Crippen LogP contribution is -2.51. The molecule has 1 saturated heterocycles. The monoisotopic (exact) mass is 360 g/mol. The number of hydrogen-bond acceptors (Lipinski definition) is 5. The third-order valence-electron chi connectivity index (χ3n) is 4.22. The molecule has 2 atom stereocenters. The SMILES string of the molecule is COC1CCN(S(=O)(=O)c2c[nH]c3ncccc23)C(CN)C1.Cl. The predicted octanol–water partition coefficient (Wildman–Crippen LogP) is 1.11. The number of H-pyrrole nitrogens is 1. The first-order valence-corrected chi connectivity index (χ1v) is 8.68. The van der Waals surface area contributed by atoms with Crippen LogP contribution >= 0.6 is 12.4 Å². The lowest BCUT2D eigenvalue weighted by Gasteiger charge is -2.37. The number of pyridine rings is 1. The average Bonchev–Trinajstić information content (AvgIpc) is 2.99. The van der Waals surface area contributed by atoms with Gasteiger partial charge in [-0.15, -0.1) is 12.4 Å². The summed E-state index contributed by atoms with van der Waals surface area (Å²) in [4.78, 5) is 7.31. The molecule has 7 nitrogen and oxygen atoms in total. The van der Waals surface area contributed by atoms with E-state index in [1.54, 1.807) is 25.4 Å². The van der Waals surface area contributed by atoms with Crippen LogP contribution in [0.1, 0.15) is 12.8 Å². The van der Waals surface area contributed by atoms with E-state index in [4.69, 9.17) is 10.5 Å². The van der Waals surface area contributed by atoms with Crippen molar-refractivity contribution >= 4 is 33.5 Å². The number of aromatic amines is 1. The van der Waals surface area contributed by atoms with Crippen molar-refractivity contribution in [1.29, 1.82) is 0 Å². The summed E-state index contributed by atoms with van der Waals surface area (Å²) in [5.41, 5.74) is 6.36. The molecule has 0 bridgehead atoms. The molecule has 0 amide bonds. The number of nitrogens with zero attached hydrogens (tertiary/aromatic N) is 2. The Labute approximate surface area is 141 Å². The Hall–Kier alpha value is -1.19. The highest BCUT2D eigenvalue weighted by Crippen LogP contribution is 2.29. The van der Waals surface area contributed by atoms with Gasteiger partial charge in [0, 0.05) is 44.0 Å². The maximum Gasteiger partial charge on any atom is 0.245 e. The molecular formula is C14H21ClN4O3S. The van der Waals surface area contributed by atoms with Crippen LogP contribution in [0.2, 0.25) is 0 Å². The van der Waals surface area contributed by atoms with Gasteiger partial charge >= 0.3 is 0 Å². The van der Waals surface area contributed by atoms with Gasteiger partial charge in [0.15, 0.2) is 0 Å². The summed E-state index contributed by atoms with van der Waals surface area (Å²) in [6.45, 7) is 0.690. The number of nitrogens with one attached hydrogen (secondary N) is 1. The lowest BCUT2D eigenvalue weighted by atomic mass is 10.0. The molecule has 1 aliphatic heterocycles. The molecule has 2 aromatic heterocycles. The number of hydrogen-bond donors (Lipinski definition) is 2. The van der Waals surface area contributed by atoms with E-state index in [1.165, 1.54) is 10.5 Å². The third kappa shape index (κ3) is 3.22. The molecule has 2 aromatic rings. The minimum Gasteiger partial charge on any atom is -0.381 e. The number of methoxy groups -OCH3 is 1. The molecule has 1 fully saturated rings. The Morgan fingerprint density at radius 3 is 3.00 bits per heavy atom. The van der Waals surface area contributed by atoms with Crippen LogP contribution in [0.4, 0.5) is 0 Å². The van der Waals surface area contributed by atoms with Gasteiger partial charge in [0.05, 0.1) is 6.10 Å². The van der Waals surface area contributed by atoms with Crippen LogP contribution in [0.25, 0.3) is 11.0 Å². The van der Waals surface area contributed by atoms with Gasteiger partial charge in [0.25, 0.3) is 0 Å². The topological polar surface area (TPSA) is 101 Å². The van der Waals surface area contributed by atoms with Gasteiger partial charge in [-0.05, 0) is 25.0 Å². The van der Waals surface area contributed by atoms with Gasteiger partial charge in [-0.2, -0.15) is 4.31 Å². The molecule has 1 aliphatic rings. The Kier molecular flexibility index (Phi) is 5.64. The average molecular weight is 361 g/mol. The zero-order valence-electron chi connectivity index (χ0n) is 12.8. The highest BCUT2D eigenvalue weighted by molar-refractivity contribution is 7.89. The van der Waals surface area contributed by atoms with E-state index >= 15 is 0 Å². The van der Waals surface area contributed by atoms with Crippen molar-refractivity contribution in [3.8, 4) is 0 Å². The third-order valence-corrected chi connectivity index (χ3v) is 6.21. The van der Waals surface area contributed by atoms with Crippen molar-refractivity contribution in [2.75, 3.05) is 20.2 Å². The number of fused-ring (bicyclic) bond motifs is 1. The molecule has 23 heavy (non-hydrogen) atoms. The predicted molar refractivity (Wildman–Crippen MR) is 90.1 cm³/mol. The first-order valence-electron chi connectivity index (χ1n) is 7.24. The van der Waals surface area contributed by atoms with Gasteiger partial charge in [-0.25, -0.2) is 13.4 Å². The maximum atomic E-state index is 13.0. The van der Waals surface area contributed by atoms with E-state index in [0.29, 0.717) is 30.4 Å².